The second kappa shape index (κ2) is 9.23. The summed E-state index contributed by atoms with van der Waals surface area (Å²) in [5.74, 6) is 0.612. The number of carbonyl (C=O) groups is 1. The molecule has 2 N–H and O–H groups in total. The van der Waals surface area contributed by atoms with E-state index in [1.54, 1.807) is 5.48 Å². The Morgan fingerprint density at radius 2 is 1.88 bits per heavy atom. The Kier molecular flexibility index (Phi) is 7.72. The Hall–Kier alpha value is -0.830. The first-order valence-electron chi connectivity index (χ1n) is 6.92. The third kappa shape index (κ3) is 7.16. The zero-order chi connectivity index (χ0) is 12.3. The van der Waals surface area contributed by atoms with Gasteiger partial charge in [0.15, 0.2) is 0 Å². The monoisotopic (exact) mass is 239 g/mol. The van der Waals surface area contributed by atoms with E-state index in [9.17, 15) is 4.79 Å². The summed E-state index contributed by atoms with van der Waals surface area (Å²) in [4.78, 5) is 10.7. The SMILES string of the molecule is O=C(CCCCCCC/C=C\C1CCC1)NO. The van der Waals surface area contributed by atoms with Gasteiger partial charge in [-0.2, -0.15) is 0 Å². The molecule has 0 atom stereocenters. The number of hydrogen-bond acceptors (Lipinski definition) is 2. The first-order valence-corrected chi connectivity index (χ1v) is 6.92. The van der Waals surface area contributed by atoms with E-state index in [1.807, 2.05) is 0 Å². The second-order valence-electron chi connectivity index (χ2n) is 4.96. The van der Waals surface area contributed by atoms with Crippen molar-refractivity contribution in [3.05, 3.63) is 12.2 Å². The van der Waals surface area contributed by atoms with Crippen molar-refractivity contribution in [3.8, 4) is 0 Å². The van der Waals surface area contributed by atoms with Gasteiger partial charge in [0.1, 0.15) is 0 Å². The summed E-state index contributed by atoms with van der Waals surface area (Å²) in [7, 11) is 0. The van der Waals surface area contributed by atoms with E-state index < -0.39 is 0 Å². The van der Waals surface area contributed by atoms with Gasteiger partial charge < -0.3 is 0 Å². The number of nitrogens with one attached hydrogen (secondary N) is 1. The minimum absolute atomic E-state index is 0.270. The molecule has 0 spiro atoms. The fourth-order valence-corrected chi connectivity index (χ4v) is 2.05. The van der Waals surface area contributed by atoms with Crippen LogP contribution in [-0.4, -0.2) is 11.1 Å². The van der Waals surface area contributed by atoms with Crippen LogP contribution in [0.4, 0.5) is 0 Å². The number of rotatable bonds is 9. The van der Waals surface area contributed by atoms with Crippen LogP contribution in [0.2, 0.25) is 0 Å². The largest absolute Gasteiger partial charge is 0.289 e. The number of carbonyl (C=O) groups excluding carboxylic acids is 1. The van der Waals surface area contributed by atoms with Gasteiger partial charge in [0.25, 0.3) is 0 Å². The maximum atomic E-state index is 10.7. The zero-order valence-corrected chi connectivity index (χ0v) is 10.7. The van der Waals surface area contributed by atoms with E-state index in [0.29, 0.717) is 6.42 Å². The molecule has 0 bridgehead atoms. The average Bonchev–Trinajstić information content (AvgIpc) is 2.28. The standard InChI is InChI=1S/C14H25NO2/c16-14(15-17)12-7-5-3-1-2-4-6-9-13-10-8-11-13/h6,9,13,17H,1-5,7-8,10-12H2,(H,15,16)/b9-6-. The topological polar surface area (TPSA) is 49.3 Å². The molecule has 0 radical (unpaired) electrons. The Morgan fingerprint density at radius 3 is 2.53 bits per heavy atom. The van der Waals surface area contributed by atoms with Crippen LogP contribution in [0, 0.1) is 5.92 Å². The molecular formula is C14H25NO2. The van der Waals surface area contributed by atoms with Crippen LogP contribution in [0.1, 0.15) is 64.2 Å². The molecule has 1 fully saturated rings. The highest BCUT2D eigenvalue weighted by atomic mass is 16.5. The molecule has 0 heterocycles. The number of hydroxylamine groups is 1. The average molecular weight is 239 g/mol. The molecule has 98 valence electrons. The lowest BCUT2D eigenvalue weighted by molar-refractivity contribution is -0.129. The van der Waals surface area contributed by atoms with Crippen molar-refractivity contribution in [2.45, 2.75) is 64.2 Å². The summed E-state index contributed by atoms with van der Waals surface area (Å²) >= 11 is 0. The Labute approximate surface area is 104 Å². The molecule has 0 aliphatic heterocycles. The van der Waals surface area contributed by atoms with Crippen molar-refractivity contribution >= 4 is 5.91 Å². The van der Waals surface area contributed by atoms with Crippen molar-refractivity contribution in [1.29, 1.82) is 0 Å². The van der Waals surface area contributed by atoms with Crippen LogP contribution in [0.5, 0.6) is 0 Å². The highest BCUT2D eigenvalue weighted by Gasteiger charge is 2.12. The first-order chi connectivity index (χ1) is 8.33. The number of allylic oxidation sites excluding steroid dienone is 2. The third-order valence-electron chi connectivity index (χ3n) is 3.46. The predicted molar refractivity (Wildman–Crippen MR) is 68.7 cm³/mol. The van der Waals surface area contributed by atoms with Crippen LogP contribution in [-0.2, 0) is 4.79 Å². The number of hydrogen-bond donors (Lipinski definition) is 2. The maximum Gasteiger partial charge on any atom is 0.243 e. The van der Waals surface area contributed by atoms with Gasteiger partial charge in [-0.15, -0.1) is 0 Å². The van der Waals surface area contributed by atoms with E-state index in [1.165, 1.54) is 44.9 Å². The molecule has 0 unspecified atom stereocenters. The fraction of sp³-hybridized carbons (Fsp3) is 0.786. The van der Waals surface area contributed by atoms with Gasteiger partial charge in [-0.25, -0.2) is 5.48 Å². The molecule has 0 aromatic rings. The molecule has 17 heavy (non-hydrogen) atoms. The van der Waals surface area contributed by atoms with Crippen LogP contribution in [0.25, 0.3) is 0 Å². The molecule has 1 saturated carbocycles. The minimum Gasteiger partial charge on any atom is -0.289 e. The van der Waals surface area contributed by atoms with Gasteiger partial charge >= 0.3 is 0 Å². The van der Waals surface area contributed by atoms with Crippen molar-refractivity contribution in [3.63, 3.8) is 0 Å². The van der Waals surface area contributed by atoms with Crippen LogP contribution in [0.15, 0.2) is 12.2 Å². The lowest BCUT2D eigenvalue weighted by Crippen LogP contribution is -2.17. The summed E-state index contributed by atoms with van der Waals surface area (Å²) in [6, 6.07) is 0. The minimum atomic E-state index is -0.270. The fourth-order valence-electron chi connectivity index (χ4n) is 2.05. The van der Waals surface area contributed by atoms with Crippen molar-refractivity contribution in [2.24, 2.45) is 5.92 Å². The molecular weight excluding hydrogens is 214 g/mol. The molecule has 0 aromatic heterocycles. The van der Waals surface area contributed by atoms with Crippen molar-refractivity contribution < 1.29 is 10.0 Å². The van der Waals surface area contributed by atoms with Gasteiger partial charge in [0.2, 0.25) is 5.91 Å². The van der Waals surface area contributed by atoms with Gasteiger partial charge in [-0.05, 0) is 38.0 Å². The summed E-state index contributed by atoms with van der Waals surface area (Å²) in [6.07, 6.45) is 16.2. The molecule has 1 amide bonds. The molecule has 0 saturated heterocycles. The predicted octanol–water partition coefficient (Wildman–Crippen LogP) is 3.58. The van der Waals surface area contributed by atoms with Crippen LogP contribution in [0.3, 0.4) is 0 Å². The number of amides is 1. The van der Waals surface area contributed by atoms with Gasteiger partial charge in [0.05, 0.1) is 0 Å². The molecule has 1 aliphatic carbocycles. The zero-order valence-electron chi connectivity index (χ0n) is 10.7. The maximum absolute atomic E-state index is 10.7. The molecule has 1 rings (SSSR count). The first kappa shape index (κ1) is 14.2. The molecule has 3 heteroatoms. The highest BCUT2D eigenvalue weighted by Crippen LogP contribution is 2.27. The van der Waals surface area contributed by atoms with E-state index in [2.05, 4.69) is 12.2 Å². The van der Waals surface area contributed by atoms with Crippen LogP contribution >= 0.6 is 0 Å². The smallest absolute Gasteiger partial charge is 0.243 e. The molecule has 0 aromatic carbocycles. The van der Waals surface area contributed by atoms with Crippen LogP contribution < -0.4 is 5.48 Å². The lowest BCUT2D eigenvalue weighted by atomic mass is 9.85. The van der Waals surface area contributed by atoms with E-state index >= 15 is 0 Å². The van der Waals surface area contributed by atoms with Gasteiger partial charge in [0, 0.05) is 6.42 Å². The van der Waals surface area contributed by atoms with Gasteiger partial charge in [-0.1, -0.05) is 37.8 Å². The van der Waals surface area contributed by atoms with E-state index in [4.69, 9.17) is 5.21 Å². The quantitative estimate of drug-likeness (QED) is 0.280. The number of unbranched alkanes of at least 4 members (excludes halogenated alkanes) is 5. The third-order valence-corrected chi connectivity index (χ3v) is 3.46. The van der Waals surface area contributed by atoms with Gasteiger partial charge in [-0.3, -0.25) is 10.0 Å². The molecule has 1 aliphatic rings. The van der Waals surface area contributed by atoms with Crippen molar-refractivity contribution in [2.75, 3.05) is 0 Å². The summed E-state index contributed by atoms with van der Waals surface area (Å²) < 4.78 is 0. The Balaban J connectivity index is 1.77. The molecule has 3 nitrogen and oxygen atoms in total. The van der Waals surface area contributed by atoms with E-state index in [-0.39, 0.29) is 5.91 Å². The summed E-state index contributed by atoms with van der Waals surface area (Å²) in [5, 5.41) is 8.30. The normalized spacial score (nSPS) is 16.1. The Morgan fingerprint density at radius 1 is 1.18 bits per heavy atom. The summed E-state index contributed by atoms with van der Waals surface area (Å²) in [5.41, 5.74) is 1.66. The highest BCUT2D eigenvalue weighted by molar-refractivity contribution is 5.74. The lowest BCUT2D eigenvalue weighted by Gasteiger charge is -2.21. The van der Waals surface area contributed by atoms with E-state index in [0.717, 1.165) is 18.8 Å². The second-order valence-corrected chi connectivity index (χ2v) is 4.96. The summed E-state index contributed by atoms with van der Waals surface area (Å²) in [6.45, 7) is 0. The van der Waals surface area contributed by atoms with Crippen molar-refractivity contribution in [1.82, 2.24) is 5.48 Å². The Bertz CT molecular complexity index is 234.